The van der Waals surface area contributed by atoms with Crippen LogP contribution in [0.5, 0.6) is 0 Å². The van der Waals surface area contributed by atoms with Crippen LogP contribution in [0, 0.1) is 13.8 Å². The average molecular weight is 422 g/mol. The number of aliphatic imine (C=N–C) groups is 1. The lowest BCUT2D eigenvalue weighted by atomic mass is 10.1. The molecule has 164 valence electrons. The Morgan fingerprint density at radius 1 is 1.30 bits per heavy atom. The molecule has 30 heavy (non-hydrogen) atoms. The SMILES string of the molecule is CCN1CCCC1CNC(N)=NCc1ccc(-n2nc(C)cc2C)cc1C(F)(F)F. The summed E-state index contributed by atoms with van der Waals surface area (Å²) in [4.78, 5) is 6.51. The number of alkyl halides is 3. The molecule has 1 fully saturated rings. The summed E-state index contributed by atoms with van der Waals surface area (Å²) in [6, 6.07) is 6.39. The van der Waals surface area contributed by atoms with Crippen molar-refractivity contribution in [3.05, 3.63) is 46.8 Å². The largest absolute Gasteiger partial charge is 0.416 e. The van der Waals surface area contributed by atoms with Crippen molar-refractivity contribution in [3.8, 4) is 5.69 Å². The van der Waals surface area contributed by atoms with Crippen molar-refractivity contribution in [2.75, 3.05) is 19.6 Å². The number of nitrogens with one attached hydrogen (secondary N) is 1. The van der Waals surface area contributed by atoms with Gasteiger partial charge < -0.3 is 11.1 Å². The molecule has 0 aliphatic carbocycles. The molecule has 0 saturated carbocycles. The Morgan fingerprint density at radius 2 is 2.07 bits per heavy atom. The predicted molar refractivity (Wildman–Crippen MR) is 112 cm³/mol. The molecule has 0 spiro atoms. The van der Waals surface area contributed by atoms with Crippen molar-refractivity contribution >= 4 is 5.96 Å². The molecule has 3 rings (SSSR count). The number of aryl methyl sites for hydroxylation is 2. The van der Waals surface area contributed by atoms with E-state index in [1.54, 1.807) is 13.0 Å². The van der Waals surface area contributed by atoms with E-state index >= 15 is 0 Å². The lowest BCUT2D eigenvalue weighted by molar-refractivity contribution is -0.138. The van der Waals surface area contributed by atoms with Gasteiger partial charge in [0.25, 0.3) is 0 Å². The molecule has 2 aromatic rings. The number of halogens is 3. The van der Waals surface area contributed by atoms with E-state index in [1.165, 1.54) is 10.7 Å². The highest BCUT2D eigenvalue weighted by atomic mass is 19.4. The van der Waals surface area contributed by atoms with E-state index in [0.717, 1.165) is 43.4 Å². The topological polar surface area (TPSA) is 71.5 Å². The van der Waals surface area contributed by atoms with Crippen LogP contribution < -0.4 is 11.1 Å². The van der Waals surface area contributed by atoms with E-state index in [2.05, 4.69) is 27.2 Å². The van der Waals surface area contributed by atoms with Crippen molar-refractivity contribution in [1.82, 2.24) is 20.0 Å². The third-order valence-corrected chi connectivity index (χ3v) is 5.50. The second-order valence-corrected chi connectivity index (χ2v) is 7.69. The van der Waals surface area contributed by atoms with Gasteiger partial charge in [0.05, 0.1) is 23.5 Å². The highest BCUT2D eigenvalue weighted by Crippen LogP contribution is 2.34. The molecular weight excluding hydrogens is 393 g/mol. The summed E-state index contributed by atoms with van der Waals surface area (Å²) >= 11 is 0. The van der Waals surface area contributed by atoms with Gasteiger partial charge in [0, 0.05) is 18.3 Å². The van der Waals surface area contributed by atoms with Gasteiger partial charge in [-0.05, 0) is 63.5 Å². The number of aromatic nitrogens is 2. The van der Waals surface area contributed by atoms with Gasteiger partial charge in [-0.2, -0.15) is 18.3 Å². The molecule has 1 aromatic carbocycles. The van der Waals surface area contributed by atoms with Crippen LogP contribution in [0.15, 0.2) is 29.3 Å². The maximum absolute atomic E-state index is 13.7. The van der Waals surface area contributed by atoms with E-state index in [0.29, 0.717) is 18.3 Å². The average Bonchev–Trinajstić information content (AvgIpc) is 3.29. The van der Waals surface area contributed by atoms with Crippen LogP contribution in [0.1, 0.15) is 42.3 Å². The smallest absolute Gasteiger partial charge is 0.370 e. The van der Waals surface area contributed by atoms with E-state index in [4.69, 9.17) is 5.73 Å². The summed E-state index contributed by atoms with van der Waals surface area (Å²) in [6.45, 7) is 8.26. The molecule has 2 heterocycles. The first-order chi connectivity index (χ1) is 14.2. The van der Waals surface area contributed by atoms with Gasteiger partial charge in [0.1, 0.15) is 0 Å². The summed E-state index contributed by atoms with van der Waals surface area (Å²) in [5.41, 5.74) is 7.15. The van der Waals surface area contributed by atoms with Gasteiger partial charge in [0.15, 0.2) is 5.96 Å². The minimum absolute atomic E-state index is 0.0774. The Balaban J connectivity index is 1.74. The molecule has 1 atom stereocenters. The first kappa shape index (κ1) is 22.1. The van der Waals surface area contributed by atoms with Crippen LogP contribution in [0.2, 0.25) is 0 Å². The lowest BCUT2D eigenvalue weighted by Crippen LogP contribution is -2.42. The second-order valence-electron chi connectivity index (χ2n) is 7.69. The van der Waals surface area contributed by atoms with Crippen LogP contribution in [0.4, 0.5) is 13.2 Å². The molecular formula is C21H29F3N6. The number of nitrogens with zero attached hydrogens (tertiary/aromatic N) is 4. The second kappa shape index (κ2) is 9.07. The normalized spacial score (nSPS) is 18.2. The van der Waals surface area contributed by atoms with Crippen molar-refractivity contribution in [2.45, 2.75) is 52.4 Å². The number of hydrogen-bond acceptors (Lipinski definition) is 3. The van der Waals surface area contributed by atoms with Gasteiger partial charge >= 0.3 is 6.18 Å². The van der Waals surface area contributed by atoms with Gasteiger partial charge in [-0.25, -0.2) is 9.67 Å². The fourth-order valence-electron chi connectivity index (χ4n) is 3.98. The molecule has 1 aliphatic heterocycles. The maximum atomic E-state index is 13.7. The third-order valence-electron chi connectivity index (χ3n) is 5.50. The zero-order valence-corrected chi connectivity index (χ0v) is 17.6. The Hall–Kier alpha value is -2.55. The van der Waals surface area contributed by atoms with Crippen molar-refractivity contribution in [2.24, 2.45) is 10.7 Å². The van der Waals surface area contributed by atoms with Crippen LogP contribution in [0.25, 0.3) is 5.69 Å². The summed E-state index contributed by atoms with van der Waals surface area (Å²) < 4.78 is 42.5. The summed E-state index contributed by atoms with van der Waals surface area (Å²) in [5, 5.41) is 7.33. The molecule has 6 nitrogen and oxygen atoms in total. The molecule has 0 amide bonds. The Bertz CT molecular complexity index is 903. The molecule has 1 saturated heterocycles. The summed E-state index contributed by atoms with van der Waals surface area (Å²) in [5.74, 6) is 0.161. The number of hydrogen-bond donors (Lipinski definition) is 2. The molecule has 3 N–H and O–H groups in total. The molecule has 1 aromatic heterocycles. The minimum atomic E-state index is -4.50. The minimum Gasteiger partial charge on any atom is -0.370 e. The molecule has 0 bridgehead atoms. The van der Waals surface area contributed by atoms with E-state index in [9.17, 15) is 13.2 Å². The quantitative estimate of drug-likeness (QED) is 0.553. The van der Waals surface area contributed by atoms with Crippen LogP contribution >= 0.6 is 0 Å². The van der Waals surface area contributed by atoms with Crippen LogP contribution in [0.3, 0.4) is 0 Å². The fraction of sp³-hybridized carbons (Fsp3) is 0.524. The number of rotatable bonds is 6. The monoisotopic (exact) mass is 422 g/mol. The van der Waals surface area contributed by atoms with Gasteiger partial charge in [0.2, 0.25) is 0 Å². The molecule has 1 aliphatic rings. The number of likely N-dealkylation sites (tertiary alicyclic amines) is 1. The predicted octanol–water partition coefficient (Wildman–Crippen LogP) is 3.40. The summed E-state index contributed by atoms with van der Waals surface area (Å²) in [6.07, 6.45) is -2.27. The Labute approximate surface area is 175 Å². The number of guanidine groups is 1. The van der Waals surface area contributed by atoms with Gasteiger partial charge in [-0.15, -0.1) is 0 Å². The molecule has 9 heteroatoms. The van der Waals surface area contributed by atoms with Crippen molar-refractivity contribution in [3.63, 3.8) is 0 Å². The van der Waals surface area contributed by atoms with E-state index in [-0.39, 0.29) is 18.1 Å². The highest BCUT2D eigenvalue weighted by molar-refractivity contribution is 5.77. The fourth-order valence-corrected chi connectivity index (χ4v) is 3.98. The highest BCUT2D eigenvalue weighted by Gasteiger charge is 2.34. The van der Waals surface area contributed by atoms with Gasteiger partial charge in [-0.3, -0.25) is 4.90 Å². The van der Waals surface area contributed by atoms with Crippen molar-refractivity contribution < 1.29 is 13.2 Å². The number of likely N-dealkylation sites (N-methyl/N-ethyl adjacent to an activating group) is 1. The zero-order valence-electron chi connectivity index (χ0n) is 17.6. The van der Waals surface area contributed by atoms with Crippen LogP contribution in [-0.2, 0) is 12.7 Å². The molecule has 1 unspecified atom stereocenters. The molecule has 0 radical (unpaired) electrons. The standard InChI is InChI=1S/C21H29F3N6/c1-4-29-9-5-6-18(29)13-27-20(25)26-12-16-7-8-17(11-19(16)21(22,23)24)30-15(3)10-14(2)28-30/h7-8,10-11,18H,4-6,9,12-13H2,1-3H3,(H3,25,26,27). The maximum Gasteiger partial charge on any atom is 0.416 e. The van der Waals surface area contributed by atoms with Gasteiger partial charge in [-0.1, -0.05) is 13.0 Å². The first-order valence-corrected chi connectivity index (χ1v) is 10.2. The summed E-state index contributed by atoms with van der Waals surface area (Å²) in [7, 11) is 0. The third kappa shape index (κ3) is 5.13. The van der Waals surface area contributed by atoms with E-state index in [1.807, 2.05) is 13.0 Å². The lowest BCUT2D eigenvalue weighted by Gasteiger charge is -2.23. The van der Waals surface area contributed by atoms with E-state index < -0.39 is 11.7 Å². The zero-order chi connectivity index (χ0) is 21.9. The van der Waals surface area contributed by atoms with Crippen LogP contribution in [-0.4, -0.2) is 46.3 Å². The first-order valence-electron chi connectivity index (χ1n) is 10.2. The number of nitrogens with two attached hydrogens (primary N) is 1. The Kier molecular flexibility index (Phi) is 6.70. The van der Waals surface area contributed by atoms with Crippen molar-refractivity contribution in [1.29, 1.82) is 0 Å². The Morgan fingerprint density at radius 3 is 2.70 bits per heavy atom. The number of benzene rings is 1.